The van der Waals surface area contributed by atoms with Crippen LogP contribution in [0.15, 0.2) is 84.0 Å². The molecule has 0 heterocycles. The number of hydrazone groups is 1. The molecule has 0 saturated carbocycles. The lowest BCUT2D eigenvalue weighted by Gasteiger charge is -2.05. The van der Waals surface area contributed by atoms with Gasteiger partial charge in [0, 0.05) is 10.6 Å². The van der Waals surface area contributed by atoms with Gasteiger partial charge >= 0.3 is 5.97 Å². The largest absolute Gasteiger partial charge is 0.423 e. The molecule has 134 valence electrons. The van der Waals surface area contributed by atoms with Crippen molar-refractivity contribution in [1.29, 1.82) is 0 Å². The van der Waals surface area contributed by atoms with E-state index in [0.717, 1.165) is 0 Å². The van der Waals surface area contributed by atoms with E-state index in [0.29, 0.717) is 27.5 Å². The van der Waals surface area contributed by atoms with Crippen molar-refractivity contribution in [3.63, 3.8) is 0 Å². The van der Waals surface area contributed by atoms with Gasteiger partial charge in [-0.15, -0.1) is 0 Å². The zero-order valence-electron chi connectivity index (χ0n) is 14.1. The van der Waals surface area contributed by atoms with E-state index < -0.39 is 5.97 Å². The third-order valence-electron chi connectivity index (χ3n) is 3.56. The summed E-state index contributed by atoms with van der Waals surface area (Å²) in [6.07, 6.45) is 1.47. The summed E-state index contributed by atoms with van der Waals surface area (Å²) in [5, 5.41) is 4.47. The second-order valence-electron chi connectivity index (χ2n) is 5.53. The number of nitrogens with zero attached hydrogens (tertiary/aromatic N) is 1. The van der Waals surface area contributed by atoms with E-state index in [1.165, 1.54) is 6.21 Å². The lowest BCUT2D eigenvalue weighted by atomic mass is 10.2. The van der Waals surface area contributed by atoms with Crippen molar-refractivity contribution in [2.45, 2.75) is 0 Å². The second kappa shape index (κ2) is 8.78. The van der Waals surface area contributed by atoms with Gasteiger partial charge in [0.05, 0.1) is 11.8 Å². The molecule has 0 aromatic heterocycles. The molecular formula is C21H15ClN2O3. The zero-order valence-corrected chi connectivity index (χ0v) is 14.9. The van der Waals surface area contributed by atoms with Crippen LogP contribution in [0.3, 0.4) is 0 Å². The van der Waals surface area contributed by atoms with E-state index in [2.05, 4.69) is 10.5 Å². The van der Waals surface area contributed by atoms with Crippen molar-refractivity contribution < 1.29 is 14.3 Å². The van der Waals surface area contributed by atoms with Gasteiger partial charge in [0.2, 0.25) is 0 Å². The Morgan fingerprint density at radius 3 is 2.37 bits per heavy atom. The number of ether oxygens (including phenoxy) is 1. The number of esters is 1. The number of hydrogen-bond acceptors (Lipinski definition) is 4. The predicted octanol–water partition coefficient (Wildman–Crippen LogP) is 4.32. The normalized spacial score (nSPS) is 10.6. The van der Waals surface area contributed by atoms with Gasteiger partial charge in [-0.05, 0) is 54.1 Å². The summed E-state index contributed by atoms with van der Waals surface area (Å²) >= 11 is 5.81. The van der Waals surface area contributed by atoms with Crippen LogP contribution >= 0.6 is 11.6 Å². The topological polar surface area (TPSA) is 67.8 Å². The van der Waals surface area contributed by atoms with Crippen LogP contribution in [0.5, 0.6) is 5.75 Å². The Morgan fingerprint density at radius 1 is 0.889 bits per heavy atom. The molecule has 0 atom stereocenters. The monoisotopic (exact) mass is 378 g/mol. The Kier molecular flexibility index (Phi) is 5.97. The Balaban J connectivity index is 1.62. The first kappa shape index (κ1) is 18.4. The number of carbonyl (C=O) groups is 2. The number of hydrogen-bond donors (Lipinski definition) is 1. The molecule has 0 aliphatic carbocycles. The van der Waals surface area contributed by atoms with Crippen LogP contribution in [0.25, 0.3) is 0 Å². The van der Waals surface area contributed by atoms with Crippen molar-refractivity contribution in [1.82, 2.24) is 5.43 Å². The molecule has 0 aliphatic rings. The fraction of sp³-hybridized carbons (Fsp3) is 0. The van der Waals surface area contributed by atoms with Crippen LogP contribution in [0.2, 0.25) is 5.02 Å². The van der Waals surface area contributed by atoms with Gasteiger partial charge < -0.3 is 4.74 Å². The van der Waals surface area contributed by atoms with E-state index in [4.69, 9.17) is 16.3 Å². The minimum absolute atomic E-state index is 0.308. The van der Waals surface area contributed by atoms with Gasteiger partial charge in [0.1, 0.15) is 5.75 Å². The minimum atomic E-state index is -0.488. The highest BCUT2D eigenvalue weighted by molar-refractivity contribution is 6.30. The molecule has 27 heavy (non-hydrogen) atoms. The van der Waals surface area contributed by atoms with Gasteiger partial charge in [-0.2, -0.15) is 5.10 Å². The number of benzene rings is 3. The number of amides is 1. The number of halogens is 1. The Hall–Kier alpha value is -3.44. The molecule has 0 fully saturated rings. The maximum atomic E-state index is 12.1. The number of rotatable bonds is 5. The molecule has 3 aromatic carbocycles. The molecule has 3 rings (SSSR count). The van der Waals surface area contributed by atoms with Crippen molar-refractivity contribution >= 4 is 29.7 Å². The summed E-state index contributed by atoms with van der Waals surface area (Å²) in [5.74, 6) is -0.427. The first-order chi connectivity index (χ1) is 13.1. The van der Waals surface area contributed by atoms with E-state index >= 15 is 0 Å². The van der Waals surface area contributed by atoms with E-state index in [9.17, 15) is 9.59 Å². The third-order valence-corrected chi connectivity index (χ3v) is 3.82. The summed E-state index contributed by atoms with van der Waals surface area (Å²) < 4.78 is 5.35. The highest BCUT2D eigenvalue weighted by Crippen LogP contribution is 2.16. The molecule has 0 bridgehead atoms. The fourth-order valence-corrected chi connectivity index (χ4v) is 2.36. The quantitative estimate of drug-likeness (QED) is 0.311. The van der Waals surface area contributed by atoms with Gasteiger partial charge in [0.15, 0.2) is 0 Å². The van der Waals surface area contributed by atoms with Crippen LogP contribution in [0.1, 0.15) is 26.3 Å². The Morgan fingerprint density at radius 2 is 1.63 bits per heavy atom. The van der Waals surface area contributed by atoms with Crippen molar-refractivity contribution in [2.24, 2.45) is 5.10 Å². The molecule has 0 spiro atoms. The van der Waals surface area contributed by atoms with E-state index in [1.807, 2.05) is 6.07 Å². The van der Waals surface area contributed by atoms with Gasteiger partial charge in [-0.3, -0.25) is 4.79 Å². The summed E-state index contributed by atoms with van der Waals surface area (Å²) in [6.45, 7) is 0. The van der Waals surface area contributed by atoms with Crippen molar-refractivity contribution in [3.8, 4) is 5.75 Å². The molecule has 0 aliphatic heterocycles. The van der Waals surface area contributed by atoms with E-state index in [-0.39, 0.29) is 5.91 Å². The Bertz CT molecular complexity index is 970. The summed E-state index contributed by atoms with van der Waals surface area (Å²) in [5.41, 5.74) is 4.03. The first-order valence-corrected chi connectivity index (χ1v) is 8.46. The van der Waals surface area contributed by atoms with Crippen LogP contribution in [-0.4, -0.2) is 18.1 Å². The standard InChI is InChI=1S/C21H15ClN2O3/c22-18-11-9-17(10-12-18)21(26)27-19-8-4-5-15(13-19)14-23-24-20(25)16-6-2-1-3-7-16/h1-14H,(H,24,25). The third kappa shape index (κ3) is 5.26. The maximum absolute atomic E-state index is 12.1. The SMILES string of the molecule is O=C(NN=Cc1cccc(OC(=O)c2ccc(Cl)cc2)c1)c1ccccc1. The average molecular weight is 379 g/mol. The molecular weight excluding hydrogens is 364 g/mol. The van der Waals surface area contributed by atoms with Gasteiger partial charge in [-0.1, -0.05) is 41.9 Å². The second-order valence-corrected chi connectivity index (χ2v) is 5.97. The van der Waals surface area contributed by atoms with Gasteiger partial charge in [0.25, 0.3) is 5.91 Å². The van der Waals surface area contributed by atoms with Crippen LogP contribution in [0, 0.1) is 0 Å². The van der Waals surface area contributed by atoms with E-state index in [1.54, 1.807) is 72.8 Å². The first-order valence-electron chi connectivity index (χ1n) is 8.08. The molecule has 5 nitrogen and oxygen atoms in total. The molecule has 6 heteroatoms. The summed E-state index contributed by atoms with van der Waals surface area (Å²) in [6, 6.07) is 22.0. The molecule has 0 saturated heterocycles. The zero-order chi connectivity index (χ0) is 19.1. The molecule has 1 amide bonds. The fourth-order valence-electron chi connectivity index (χ4n) is 2.23. The molecule has 3 aromatic rings. The Labute approximate surface area is 161 Å². The van der Waals surface area contributed by atoms with Crippen molar-refractivity contribution in [3.05, 3.63) is 101 Å². The highest BCUT2D eigenvalue weighted by atomic mass is 35.5. The summed E-state index contributed by atoms with van der Waals surface area (Å²) in [7, 11) is 0. The predicted molar refractivity (Wildman–Crippen MR) is 104 cm³/mol. The molecule has 0 radical (unpaired) electrons. The van der Waals surface area contributed by atoms with Gasteiger partial charge in [-0.25, -0.2) is 10.2 Å². The van der Waals surface area contributed by atoms with Crippen molar-refractivity contribution in [2.75, 3.05) is 0 Å². The highest BCUT2D eigenvalue weighted by Gasteiger charge is 2.08. The smallest absolute Gasteiger partial charge is 0.343 e. The number of nitrogens with one attached hydrogen (secondary N) is 1. The lowest BCUT2D eigenvalue weighted by Crippen LogP contribution is -2.17. The lowest BCUT2D eigenvalue weighted by molar-refractivity contribution is 0.0734. The number of carbonyl (C=O) groups excluding carboxylic acids is 2. The average Bonchev–Trinajstić information content (AvgIpc) is 2.69. The summed E-state index contributed by atoms with van der Waals surface area (Å²) in [4.78, 5) is 24.1. The molecule has 1 N–H and O–H groups in total. The molecule has 0 unspecified atom stereocenters. The van der Waals surface area contributed by atoms with Crippen LogP contribution in [-0.2, 0) is 0 Å². The van der Waals surface area contributed by atoms with Crippen LogP contribution < -0.4 is 10.2 Å². The maximum Gasteiger partial charge on any atom is 0.343 e. The van der Waals surface area contributed by atoms with Crippen LogP contribution in [0.4, 0.5) is 0 Å². The minimum Gasteiger partial charge on any atom is -0.423 e.